The van der Waals surface area contributed by atoms with Crippen molar-refractivity contribution < 1.29 is 19.1 Å². The van der Waals surface area contributed by atoms with Crippen LogP contribution in [0.15, 0.2) is 55.5 Å². The van der Waals surface area contributed by atoms with Crippen molar-refractivity contribution in [3.8, 4) is 5.75 Å². The SMILES string of the molecule is C=CC(=O)Nc1cc(Nc2cc(N3OCCC3c3ccc(C)nc3)ncn2)c(OC)cc1N1CCC(N(C)CCOC)CC1. The number of piperidine rings is 1. The van der Waals surface area contributed by atoms with Crippen LogP contribution in [0, 0.1) is 6.92 Å². The zero-order valence-corrected chi connectivity index (χ0v) is 26.0. The predicted octanol–water partition coefficient (Wildman–Crippen LogP) is 4.49. The highest BCUT2D eigenvalue weighted by Gasteiger charge is 2.30. The van der Waals surface area contributed by atoms with Crippen molar-refractivity contribution in [2.75, 3.05) is 74.7 Å². The maximum absolute atomic E-state index is 12.5. The molecule has 1 unspecified atom stereocenters. The molecule has 3 aromatic rings. The summed E-state index contributed by atoms with van der Waals surface area (Å²) >= 11 is 0. The Kier molecular flexibility index (Phi) is 10.3. The number of methoxy groups -OCH3 is 2. The summed E-state index contributed by atoms with van der Waals surface area (Å²) in [5, 5.41) is 8.17. The Bertz CT molecular complexity index is 1430. The fourth-order valence-corrected chi connectivity index (χ4v) is 5.69. The maximum atomic E-state index is 12.5. The van der Waals surface area contributed by atoms with Gasteiger partial charge in [0.15, 0.2) is 5.82 Å². The molecule has 2 fully saturated rings. The highest BCUT2D eigenvalue weighted by Crippen LogP contribution is 2.40. The summed E-state index contributed by atoms with van der Waals surface area (Å²) in [5.74, 6) is 1.51. The summed E-state index contributed by atoms with van der Waals surface area (Å²) < 4.78 is 11.1. The van der Waals surface area contributed by atoms with E-state index in [9.17, 15) is 4.79 Å². The van der Waals surface area contributed by atoms with E-state index in [0.717, 1.165) is 55.8 Å². The van der Waals surface area contributed by atoms with Crippen LogP contribution in [-0.2, 0) is 14.4 Å². The zero-order chi connectivity index (χ0) is 31.1. The number of aryl methyl sites for hydroxylation is 1. The van der Waals surface area contributed by atoms with E-state index in [4.69, 9.17) is 14.3 Å². The number of amides is 1. The van der Waals surface area contributed by atoms with Crippen LogP contribution in [0.5, 0.6) is 5.75 Å². The highest BCUT2D eigenvalue weighted by atomic mass is 16.7. The number of nitrogens with one attached hydrogen (secondary N) is 2. The monoisotopic (exact) mass is 602 g/mol. The number of likely N-dealkylation sites (N-methyl/N-ethyl adjacent to an activating group) is 1. The van der Waals surface area contributed by atoms with Crippen LogP contribution < -0.4 is 25.3 Å². The van der Waals surface area contributed by atoms with Crippen LogP contribution in [0.3, 0.4) is 0 Å². The van der Waals surface area contributed by atoms with Crippen molar-refractivity contribution in [2.45, 2.75) is 38.3 Å². The molecular formula is C32H42N8O4. The van der Waals surface area contributed by atoms with Gasteiger partial charge in [-0.25, -0.2) is 15.0 Å². The Hall–Kier alpha value is -4.26. The first-order valence-corrected chi connectivity index (χ1v) is 14.9. The van der Waals surface area contributed by atoms with Gasteiger partial charge in [-0.15, -0.1) is 0 Å². The number of nitrogens with zero attached hydrogens (tertiary/aromatic N) is 6. The standard InChI is InChI=1S/C32H42N8O4/c1-6-32(41)37-25-17-26(29(43-5)18-28(25)39-12-9-24(10-13-39)38(3)14-16-42-4)36-30-19-31(35-21-34-30)40-27(11-15-44-40)23-8-7-22(2)33-20-23/h6-8,17-21,24,27H,1,9-16H2,2-5H3,(H,37,41)(H,34,35,36). The smallest absolute Gasteiger partial charge is 0.247 e. The van der Waals surface area contributed by atoms with Crippen molar-refractivity contribution in [2.24, 2.45) is 0 Å². The Morgan fingerprint density at radius 2 is 1.95 bits per heavy atom. The lowest BCUT2D eigenvalue weighted by Crippen LogP contribution is -2.44. The molecule has 12 heteroatoms. The lowest BCUT2D eigenvalue weighted by molar-refractivity contribution is -0.111. The second-order valence-corrected chi connectivity index (χ2v) is 11.0. The second-order valence-electron chi connectivity index (χ2n) is 11.0. The first kappa shape index (κ1) is 31.2. The summed E-state index contributed by atoms with van der Waals surface area (Å²) in [6, 6.07) is 10.2. The zero-order valence-electron chi connectivity index (χ0n) is 26.0. The number of aromatic nitrogens is 3. The maximum Gasteiger partial charge on any atom is 0.247 e. The molecule has 2 aliphatic rings. The Labute approximate surface area is 259 Å². The first-order chi connectivity index (χ1) is 21.4. The number of anilines is 5. The van der Waals surface area contributed by atoms with Gasteiger partial charge in [0, 0.05) is 63.2 Å². The third-order valence-electron chi connectivity index (χ3n) is 8.20. The average molecular weight is 603 g/mol. The number of carbonyl (C=O) groups excluding carboxylic acids is 1. The van der Waals surface area contributed by atoms with Gasteiger partial charge in [-0.1, -0.05) is 12.6 Å². The van der Waals surface area contributed by atoms with Gasteiger partial charge in [0.2, 0.25) is 5.91 Å². The van der Waals surface area contributed by atoms with Crippen molar-refractivity contribution >= 4 is 34.6 Å². The number of benzene rings is 1. The number of ether oxygens (including phenoxy) is 2. The highest BCUT2D eigenvalue weighted by molar-refractivity contribution is 6.02. The van der Waals surface area contributed by atoms with E-state index in [1.165, 1.54) is 12.4 Å². The van der Waals surface area contributed by atoms with E-state index in [1.54, 1.807) is 14.2 Å². The fourth-order valence-electron chi connectivity index (χ4n) is 5.69. The number of hydroxylamine groups is 1. The van der Waals surface area contributed by atoms with E-state index >= 15 is 0 Å². The van der Waals surface area contributed by atoms with Crippen molar-refractivity contribution in [1.29, 1.82) is 0 Å². The molecule has 0 aliphatic carbocycles. The first-order valence-electron chi connectivity index (χ1n) is 14.9. The van der Waals surface area contributed by atoms with Crippen LogP contribution >= 0.6 is 0 Å². The normalized spacial score (nSPS) is 17.2. The molecule has 1 aromatic carbocycles. The van der Waals surface area contributed by atoms with Crippen molar-refractivity contribution in [1.82, 2.24) is 19.9 Å². The largest absolute Gasteiger partial charge is 0.494 e. The molecule has 1 atom stereocenters. The molecule has 234 valence electrons. The van der Waals surface area contributed by atoms with Crippen molar-refractivity contribution in [3.05, 3.63) is 66.8 Å². The van der Waals surface area contributed by atoms with Gasteiger partial charge in [0.25, 0.3) is 0 Å². The Morgan fingerprint density at radius 3 is 2.66 bits per heavy atom. The Balaban J connectivity index is 1.38. The third kappa shape index (κ3) is 7.26. The molecule has 12 nitrogen and oxygen atoms in total. The molecule has 44 heavy (non-hydrogen) atoms. The summed E-state index contributed by atoms with van der Waals surface area (Å²) in [7, 11) is 5.51. The summed E-state index contributed by atoms with van der Waals surface area (Å²) in [6.45, 7) is 9.48. The quantitative estimate of drug-likeness (QED) is 0.286. The molecule has 0 spiro atoms. The molecule has 4 heterocycles. The molecule has 2 aliphatic heterocycles. The molecular weight excluding hydrogens is 560 g/mol. The van der Waals surface area contributed by atoms with Gasteiger partial charge in [0.1, 0.15) is 17.9 Å². The molecule has 1 amide bonds. The second kappa shape index (κ2) is 14.5. The van der Waals surface area contributed by atoms with E-state index in [-0.39, 0.29) is 11.9 Å². The van der Waals surface area contributed by atoms with Gasteiger partial charge in [0.05, 0.1) is 43.4 Å². The van der Waals surface area contributed by atoms with Gasteiger partial charge < -0.3 is 29.9 Å². The lowest BCUT2D eigenvalue weighted by atomic mass is 10.0. The molecule has 2 N–H and O–H groups in total. The van der Waals surface area contributed by atoms with Crippen molar-refractivity contribution in [3.63, 3.8) is 0 Å². The molecule has 2 aromatic heterocycles. The minimum Gasteiger partial charge on any atom is -0.494 e. The van der Waals surface area contributed by atoms with Crippen LogP contribution in [0.2, 0.25) is 0 Å². The molecule has 2 saturated heterocycles. The predicted molar refractivity (Wildman–Crippen MR) is 172 cm³/mol. The number of pyridine rings is 1. The Morgan fingerprint density at radius 1 is 1.14 bits per heavy atom. The minimum atomic E-state index is -0.288. The van der Waals surface area contributed by atoms with E-state index < -0.39 is 0 Å². The summed E-state index contributed by atoms with van der Waals surface area (Å²) in [5.41, 5.74) is 4.23. The number of carbonyl (C=O) groups is 1. The van der Waals surface area contributed by atoms with Crippen LogP contribution in [0.25, 0.3) is 0 Å². The van der Waals surface area contributed by atoms with E-state index in [1.807, 2.05) is 42.4 Å². The van der Waals surface area contributed by atoms with Gasteiger partial charge >= 0.3 is 0 Å². The molecule has 0 radical (unpaired) electrons. The summed E-state index contributed by atoms with van der Waals surface area (Å²) in [6.07, 6.45) is 7.47. The summed E-state index contributed by atoms with van der Waals surface area (Å²) in [4.78, 5) is 36.5. The topological polar surface area (TPSA) is 117 Å². The lowest BCUT2D eigenvalue weighted by Gasteiger charge is -2.38. The van der Waals surface area contributed by atoms with Crippen LogP contribution in [0.1, 0.15) is 36.6 Å². The van der Waals surface area contributed by atoms with Crippen LogP contribution in [-0.4, -0.2) is 85.9 Å². The van der Waals surface area contributed by atoms with Crippen LogP contribution in [0.4, 0.5) is 28.7 Å². The number of hydrogen-bond donors (Lipinski definition) is 2. The number of rotatable bonds is 12. The number of hydrogen-bond acceptors (Lipinski definition) is 11. The fraction of sp³-hybridized carbons (Fsp3) is 0.438. The van der Waals surface area contributed by atoms with E-state index in [0.29, 0.717) is 48.0 Å². The third-order valence-corrected chi connectivity index (χ3v) is 8.20. The molecule has 0 saturated carbocycles. The molecule has 0 bridgehead atoms. The molecule has 5 rings (SSSR count). The van der Waals surface area contributed by atoms with Gasteiger partial charge in [-0.05, 0) is 50.6 Å². The minimum absolute atomic E-state index is 0.00991. The van der Waals surface area contributed by atoms with E-state index in [2.05, 4.69) is 55.1 Å². The van der Waals surface area contributed by atoms with Gasteiger partial charge in [-0.2, -0.15) is 0 Å². The average Bonchev–Trinajstić information content (AvgIpc) is 3.54. The van der Waals surface area contributed by atoms with Gasteiger partial charge in [-0.3, -0.25) is 14.6 Å².